The van der Waals surface area contributed by atoms with Gasteiger partial charge in [-0.1, -0.05) is 34.1 Å². The molecule has 1 atom stereocenters. The average Bonchev–Trinajstić information content (AvgIpc) is 2.91. The number of carbonyl (C=O) groups excluding carboxylic acids is 1. The van der Waals surface area contributed by atoms with Crippen LogP contribution in [0, 0.1) is 0 Å². The van der Waals surface area contributed by atoms with Crippen LogP contribution in [-0.2, 0) is 4.79 Å². The van der Waals surface area contributed by atoms with Crippen LogP contribution in [0.25, 0.3) is 11.5 Å². The van der Waals surface area contributed by atoms with Crippen LogP contribution in [0.2, 0.25) is 0 Å². The molecule has 0 saturated heterocycles. The van der Waals surface area contributed by atoms with E-state index in [1.54, 1.807) is 0 Å². The third-order valence-electron chi connectivity index (χ3n) is 3.24. The molecule has 104 valence electrons. The molecule has 4 nitrogen and oxygen atoms in total. The van der Waals surface area contributed by atoms with E-state index in [0.717, 1.165) is 29.3 Å². The van der Waals surface area contributed by atoms with Crippen molar-refractivity contribution in [2.45, 2.75) is 36.2 Å². The SMILES string of the molecule is O=C1CCCCC1Sc1nnc(-c2ccc(Br)cc2)o1. The highest BCUT2D eigenvalue weighted by molar-refractivity contribution is 9.10. The molecule has 0 aliphatic heterocycles. The Morgan fingerprint density at radius 3 is 2.75 bits per heavy atom. The minimum absolute atomic E-state index is 0.0260. The summed E-state index contributed by atoms with van der Waals surface area (Å²) in [5.74, 6) is 0.785. The highest BCUT2D eigenvalue weighted by Crippen LogP contribution is 2.32. The second-order valence-electron chi connectivity index (χ2n) is 4.70. The fourth-order valence-electron chi connectivity index (χ4n) is 2.16. The third kappa shape index (κ3) is 3.12. The molecule has 1 aliphatic rings. The Balaban J connectivity index is 1.73. The van der Waals surface area contributed by atoms with Gasteiger partial charge >= 0.3 is 0 Å². The van der Waals surface area contributed by atoms with E-state index in [1.165, 1.54) is 11.8 Å². The maximum absolute atomic E-state index is 11.8. The number of benzene rings is 1. The molecule has 3 rings (SSSR count). The van der Waals surface area contributed by atoms with Crippen molar-refractivity contribution in [3.63, 3.8) is 0 Å². The maximum Gasteiger partial charge on any atom is 0.277 e. The fraction of sp³-hybridized carbons (Fsp3) is 0.357. The number of hydrogen-bond acceptors (Lipinski definition) is 5. The highest BCUT2D eigenvalue weighted by Gasteiger charge is 2.25. The fourth-order valence-corrected chi connectivity index (χ4v) is 3.42. The van der Waals surface area contributed by atoms with Crippen LogP contribution < -0.4 is 0 Å². The zero-order valence-electron chi connectivity index (χ0n) is 10.7. The van der Waals surface area contributed by atoms with E-state index in [4.69, 9.17) is 4.42 Å². The third-order valence-corrected chi connectivity index (χ3v) is 4.92. The van der Waals surface area contributed by atoms with Gasteiger partial charge in [0.05, 0.1) is 5.25 Å². The Kier molecular flexibility index (Phi) is 4.21. The molecule has 2 aromatic rings. The van der Waals surface area contributed by atoms with Gasteiger partial charge in [0.15, 0.2) is 0 Å². The summed E-state index contributed by atoms with van der Waals surface area (Å²) in [5.41, 5.74) is 0.877. The molecule has 0 radical (unpaired) electrons. The first-order valence-electron chi connectivity index (χ1n) is 6.51. The minimum atomic E-state index is -0.0260. The lowest BCUT2D eigenvalue weighted by molar-refractivity contribution is -0.119. The molecule has 0 amide bonds. The summed E-state index contributed by atoms with van der Waals surface area (Å²) in [7, 11) is 0. The normalized spacial score (nSPS) is 19.2. The Bertz CT molecular complexity index is 612. The van der Waals surface area contributed by atoms with Crippen LogP contribution in [0.3, 0.4) is 0 Å². The number of Topliss-reactive ketones (excluding diaryl/α,β-unsaturated/α-hetero) is 1. The molecular weight excluding hydrogens is 340 g/mol. The number of thioether (sulfide) groups is 1. The monoisotopic (exact) mass is 352 g/mol. The first-order valence-corrected chi connectivity index (χ1v) is 8.18. The van der Waals surface area contributed by atoms with Crippen molar-refractivity contribution in [1.29, 1.82) is 0 Å². The van der Waals surface area contributed by atoms with Crippen molar-refractivity contribution in [3.8, 4) is 11.5 Å². The molecule has 1 aromatic heterocycles. The summed E-state index contributed by atoms with van der Waals surface area (Å²) < 4.78 is 6.64. The van der Waals surface area contributed by atoms with Crippen LogP contribution in [0.4, 0.5) is 0 Å². The Labute approximate surface area is 129 Å². The van der Waals surface area contributed by atoms with Gasteiger partial charge in [-0.2, -0.15) is 0 Å². The van der Waals surface area contributed by atoms with Crippen molar-refractivity contribution < 1.29 is 9.21 Å². The van der Waals surface area contributed by atoms with Crippen LogP contribution in [0.5, 0.6) is 0 Å². The standard InChI is InChI=1S/C14H13BrN2O2S/c15-10-7-5-9(6-8-10)13-16-17-14(19-13)20-12-4-2-1-3-11(12)18/h5-8,12H,1-4H2. The van der Waals surface area contributed by atoms with E-state index in [9.17, 15) is 4.79 Å². The van der Waals surface area contributed by atoms with E-state index >= 15 is 0 Å². The summed E-state index contributed by atoms with van der Waals surface area (Å²) >= 11 is 4.78. The first kappa shape index (κ1) is 13.8. The number of rotatable bonds is 3. The first-order chi connectivity index (χ1) is 9.72. The van der Waals surface area contributed by atoms with Crippen molar-refractivity contribution in [3.05, 3.63) is 28.7 Å². The largest absolute Gasteiger partial charge is 0.411 e. The lowest BCUT2D eigenvalue weighted by Crippen LogP contribution is -2.21. The topological polar surface area (TPSA) is 56.0 Å². The second-order valence-corrected chi connectivity index (χ2v) is 6.77. The van der Waals surface area contributed by atoms with E-state index in [-0.39, 0.29) is 5.25 Å². The zero-order valence-corrected chi connectivity index (χ0v) is 13.1. The number of hydrogen-bond donors (Lipinski definition) is 0. The molecule has 1 saturated carbocycles. The van der Waals surface area contributed by atoms with Gasteiger partial charge in [-0.05, 0) is 37.1 Å². The molecule has 6 heteroatoms. The summed E-state index contributed by atoms with van der Waals surface area (Å²) in [6.45, 7) is 0. The van der Waals surface area contributed by atoms with E-state index in [2.05, 4.69) is 26.1 Å². The summed E-state index contributed by atoms with van der Waals surface area (Å²) in [6, 6.07) is 7.68. The number of ketones is 1. The Morgan fingerprint density at radius 2 is 2.00 bits per heavy atom. The van der Waals surface area contributed by atoms with Gasteiger partial charge in [0, 0.05) is 16.5 Å². The molecule has 0 N–H and O–H groups in total. The van der Waals surface area contributed by atoms with Gasteiger partial charge in [0.1, 0.15) is 5.78 Å². The van der Waals surface area contributed by atoms with Gasteiger partial charge in [-0.25, -0.2) is 0 Å². The predicted molar refractivity (Wildman–Crippen MR) is 80.6 cm³/mol. The highest BCUT2D eigenvalue weighted by atomic mass is 79.9. The van der Waals surface area contributed by atoms with Crippen LogP contribution >= 0.6 is 27.7 Å². The number of carbonyl (C=O) groups is 1. The van der Waals surface area contributed by atoms with E-state index < -0.39 is 0 Å². The van der Waals surface area contributed by atoms with Crippen molar-refractivity contribution in [2.75, 3.05) is 0 Å². The molecule has 1 fully saturated rings. The molecule has 1 heterocycles. The van der Waals surface area contributed by atoms with Crippen molar-refractivity contribution >= 4 is 33.5 Å². The smallest absolute Gasteiger partial charge is 0.277 e. The second kappa shape index (κ2) is 6.10. The van der Waals surface area contributed by atoms with Crippen molar-refractivity contribution in [2.24, 2.45) is 0 Å². The molecule has 20 heavy (non-hydrogen) atoms. The van der Waals surface area contributed by atoms with Crippen molar-refractivity contribution in [1.82, 2.24) is 10.2 Å². The summed E-state index contributed by atoms with van der Waals surface area (Å²) in [6.07, 6.45) is 3.67. The lowest BCUT2D eigenvalue weighted by Gasteiger charge is -2.17. The van der Waals surface area contributed by atoms with Gasteiger partial charge in [-0.15, -0.1) is 10.2 Å². The molecule has 0 spiro atoms. The Hall–Kier alpha value is -1.14. The Morgan fingerprint density at radius 1 is 1.20 bits per heavy atom. The van der Waals surface area contributed by atoms with Gasteiger partial charge in [0.2, 0.25) is 5.89 Å². The molecular formula is C14H13BrN2O2S. The number of aromatic nitrogens is 2. The number of halogens is 1. The molecule has 1 aromatic carbocycles. The minimum Gasteiger partial charge on any atom is -0.411 e. The van der Waals surface area contributed by atoms with Gasteiger partial charge in [-0.3, -0.25) is 4.79 Å². The quantitative estimate of drug-likeness (QED) is 0.831. The van der Waals surface area contributed by atoms with E-state index in [1.807, 2.05) is 24.3 Å². The predicted octanol–water partition coefficient (Wildman–Crippen LogP) is 4.10. The lowest BCUT2D eigenvalue weighted by atomic mass is 9.99. The number of nitrogens with zero attached hydrogens (tertiary/aromatic N) is 2. The van der Waals surface area contributed by atoms with Crippen LogP contribution in [0.1, 0.15) is 25.7 Å². The summed E-state index contributed by atoms with van der Waals surface area (Å²) in [4.78, 5) is 11.8. The van der Waals surface area contributed by atoms with E-state index in [0.29, 0.717) is 23.3 Å². The molecule has 1 unspecified atom stereocenters. The molecule has 0 bridgehead atoms. The van der Waals surface area contributed by atoms with Gasteiger partial charge < -0.3 is 4.42 Å². The van der Waals surface area contributed by atoms with Gasteiger partial charge in [0.25, 0.3) is 5.22 Å². The molecule has 1 aliphatic carbocycles. The van der Waals surface area contributed by atoms with Crippen LogP contribution in [-0.4, -0.2) is 21.2 Å². The maximum atomic E-state index is 11.8. The summed E-state index contributed by atoms with van der Waals surface area (Å²) in [5, 5.41) is 8.52. The van der Waals surface area contributed by atoms with Crippen LogP contribution in [0.15, 0.2) is 38.4 Å². The average molecular weight is 353 g/mol. The zero-order chi connectivity index (χ0) is 13.9.